The molecule has 0 saturated heterocycles. The van der Waals surface area contributed by atoms with Crippen molar-refractivity contribution in [2.75, 3.05) is 0 Å². The summed E-state index contributed by atoms with van der Waals surface area (Å²) in [6.45, 7) is 0. The summed E-state index contributed by atoms with van der Waals surface area (Å²) in [6, 6.07) is 15.0. The monoisotopic (exact) mass is 203 g/mol. The van der Waals surface area contributed by atoms with Gasteiger partial charge < -0.3 is 0 Å². The van der Waals surface area contributed by atoms with Crippen LogP contribution in [0.25, 0.3) is 11.1 Å². The fraction of sp³-hybridized carbons (Fsp3) is 0.125. The molecule has 0 bridgehead atoms. The number of fused-ring (bicyclic) bond motifs is 3. The predicted molar refractivity (Wildman–Crippen MR) is 65.5 cm³/mol. The van der Waals surface area contributed by atoms with Gasteiger partial charge in [0.1, 0.15) is 0 Å². The van der Waals surface area contributed by atoms with E-state index in [0.29, 0.717) is 6.42 Å². The summed E-state index contributed by atoms with van der Waals surface area (Å²) in [6.07, 6.45) is 8.66. The lowest BCUT2D eigenvalue weighted by Crippen LogP contribution is -1.85. The van der Waals surface area contributed by atoms with E-state index in [2.05, 4.69) is 48.4 Å². The van der Waals surface area contributed by atoms with Gasteiger partial charge in [-0.1, -0.05) is 48.4 Å². The highest BCUT2D eigenvalue weighted by molar-refractivity contribution is 5.76. The average Bonchev–Trinajstić information content (AvgIpc) is 2.67. The third-order valence-electron chi connectivity index (χ3n) is 3.15. The molecule has 0 amide bonds. The molecule has 0 fully saturated rings. The summed E-state index contributed by atoms with van der Waals surface area (Å²) in [4.78, 5) is 0. The van der Waals surface area contributed by atoms with Crippen LogP contribution in [0.3, 0.4) is 0 Å². The molecule has 0 spiro atoms. The van der Waals surface area contributed by atoms with Gasteiger partial charge in [0.15, 0.2) is 0 Å². The molecule has 0 aliphatic heterocycles. The third kappa shape index (κ3) is 1.33. The first-order valence-corrected chi connectivity index (χ1v) is 5.48. The molecule has 0 saturated carbocycles. The number of hydrogen-bond acceptors (Lipinski definition) is 0. The van der Waals surface area contributed by atoms with E-state index in [9.17, 15) is 0 Å². The number of rotatable bonds is 1. The second-order valence-corrected chi connectivity index (χ2v) is 4.18. The second kappa shape index (κ2) is 3.54. The largest absolute Gasteiger partial charge is 0.0843 e. The van der Waals surface area contributed by atoms with Crippen LogP contribution in [0, 0.1) is 12.3 Å². The van der Waals surface area contributed by atoms with Crippen molar-refractivity contribution in [3.05, 3.63) is 65.6 Å². The Morgan fingerprint density at radius 1 is 1.00 bits per heavy atom. The molecule has 1 radical (unpaired) electrons. The minimum Gasteiger partial charge on any atom is -0.0843 e. The van der Waals surface area contributed by atoms with Gasteiger partial charge >= 0.3 is 0 Å². The molecule has 0 aromatic heterocycles. The van der Waals surface area contributed by atoms with E-state index in [1.54, 1.807) is 0 Å². The Bertz CT molecular complexity index is 585. The highest BCUT2D eigenvalue weighted by atomic mass is 14.2. The van der Waals surface area contributed by atoms with Crippen molar-refractivity contribution in [1.82, 2.24) is 0 Å². The van der Waals surface area contributed by atoms with Gasteiger partial charge in [-0.25, -0.2) is 0 Å². The molecule has 2 aromatic carbocycles. The lowest BCUT2D eigenvalue weighted by molar-refractivity contribution is 1.22. The third-order valence-corrected chi connectivity index (χ3v) is 3.15. The number of benzene rings is 2. The highest BCUT2D eigenvalue weighted by Gasteiger charge is 2.17. The minimum atomic E-state index is 0.615. The molecule has 0 N–H and O–H groups in total. The molecule has 0 unspecified atom stereocenters. The topological polar surface area (TPSA) is 0 Å². The standard InChI is InChI=1S/C16H11/c1-2-5-12-8-9-16-14(10-12)11-13-6-3-4-7-15(13)16/h3-4,6-10H,5,11H2. The SMILES string of the molecule is [C]#CCc1ccc2c(c1)Cc1ccccc1-2. The van der Waals surface area contributed by atoms with Crippen LogP contribution in [0.5, 0.6) is 0 Å². The number of hydrogen-bond donors (Lipinski definition) is 0. The van der Waals surface area contributed by atoms with Gasteiger partial charge in [0, 0.05) is 6.42 Å². The molecule has 1 aliphatic rings. The maximum absolute atomic E-state index is 7.02. The van der Waals surface area contributed by atoms with Crippen molar-refractivity contribution in [2.45, 2.75) is 12.8 Å². The molecule has 0 heteroatoms. The fourth-order valence-electron chi connectivity index (χ4n) is 2.41. The zero-order valence-corrected chi connectivity index (χ0v) is 8.96. The first kappa shape index (κ1) is 9.24. The van der Waals surface area contributed by atoms with Crippen LogP contribution in [0.2, 0.25) is 0 Å². The van der Waals surface area contributed by atoms with Crippen molar-refractivity contribution in [3.63, 3.8) is 0 Å². The zero-order valence-electron chi connectivity index (χ0n) is 8.96. The lowest BCUT2D eigenvalue weighted by atomic mass is 10.0. The van der Waals surface area contributed by atoms with Crippen molar-refractivity contribution < 1.29 is 0 Å². The summed E-state index contributed by atoms with van der Waals surface area (Å²) in [5, 5.41) is 0. The van der Waals surface area contributed by atoms with Crippen molar-refractivity contribution in [1.29, 1.82) is 0 Å². The highest BCUT2D eigenvalue weighted by Crippen LogP contribution is 2.36. The molecule has 16 heavy (non-hydrogen) atoms. The molecule has 75 valence electrons. The molecular formula is C16H11. The van der Waals surface area contributed by atoms with E-state index >= 15 is 0 Å². The molecule has 2 aromatic rings. The van der Waals surface area contributed by atoms with E-state index in [0.717, 1.165) is 6.42 Å². The Kier molecular flexibility index (Phi) is 2.04. The first-order chi connectivity index (χ1) is 7.88. The van der Waals surface area contributed by atoms with Gasteiger partial charge in [-0.05, 0) is 40.7 Å². The van der Waals surface area contributed by atoms with Crippen LogP contribution in [-0.2, 0) is 12.8 Å². The van der Waals surface area contributed by atoms with Crippen LogP contribution in [-0.4, -0.2) is 0 Å². The lowest BCUT2D eigenvalue weighted by Gasteiger charge is -2.02. The zero-order chi connectivity index (χ0) is 11.0. The Morgan fingerprint density at radius 3 is 2.69 bits per heavy atom. The van der Waals surface area contributed by atoms with Gasteiger partial charge in [0.05, 0.1) is 0 Å². The average molecular weight is 203 g/mol. The molecule has 3 rings (SSSR count). The maximum Gasteiger partial charge on any atom is 0.0350 e. The molecule has 0 nitrogen and oxygen atoms in total. The van der Waals surface area contributed by atoms with E-state index in [-0.39, 0.29) is 0 Å². The fourth-order valence-corrected chi connectivity index (χ4v) is 2.41. The molecule has 1 aliphatic carbocycles. The summed E-state index contributed by atoms with van der Waals surface area (Å²) in [7, 11) is 0. The quantitative estimate of drug-likeness (QED) is 0.532. The van der Waals surface area contributed by atoms with Crippen LogP contribution >= 0.6 is 0 Å². The van der Waals surface area contributed by atoms with Crippen LogP contribution in [0.4, 0.5) is 0 Å². The summed E-state index contributed by atoms with van der Waals surface area (Å²) >= 11 is 0. The minimum absolute atomic E-state index is 0.615. The van der Waals surface area contributed by atoms with Crippen LogP contribution in [0.15, 0.2) is 42.5 Å². The van der Waals surface area contributed by atoms with E-state index in [4.69, 9.17) is 6.42 Å². The Hall–Kier alpha value is -2.00. The Morgan fingerprint density at radius 2 is 1.81 bits per heavy atom. The maximum atomic E-state index is 7.02. The first-order valence-electron chi connectivity index (χ1n) is 5.48. The van der Waals surface area contributed by atoms with Crippen molar-refractivity contribution >= 4 is 0 Å². The van der Waals surface area contributed by atoms with Gasteiger partial charge in [0.25, 0.3) is 0 Å². The van der Waals surface area contributed by atoms with Crippen molar-refractivity contribution in [2.24, 2.45) is 0 Å². The van der Waals surface area contributed by atoms with Gasteiger partial charge in [0.2, 0.25) is 0 Å². The summed E-state index contributed by atoms with van der Waals surface area (Å²) in [5.41, 5.74) is 6.69. The Balaban J connectivity index is 2.11. The van der Waals surface area contributed by atoms with Gasteiger partial charge in [-0.3, -0.25) is 0 Å². The van der Waals surface area contributed by atoms with Gasteiger partial charge in [-0.2, -0.15) is 0 Å². The normalized spacial score (nSPS) is 11.7. The molecular weight excluding hydrogens is 192 g/mol. The van der Waals surface area contributed by atoms with E-state index in [1.165, 1.54) is 27.8 Å². The molecule has 0 atom stereocenters. The van der Waals surface area contributed by atoms with E-state index < -0.39 is 0 Å². The second-order valence-electron chi connectivity index (χ2n) is 4.18. The summed E-state index contributed by atoms with van der Waals surface area (Å²) < 4.78 is 0. The van der Waals surface area contributed by atoms with Crippen molar-refractivity contribution in [3.8, 4) is 17.0 Å². The summed E-state index contributed by atoms with van der Waals surface area (Å²) in [5.74, 6) is 2.45. The predicted octanol–water partition coefficient (Wildman–Crippen LogP) is 3.39. The van der Waals surface area contributed by atoms with Gasteiger partial charge in [-0.15, -0.1) is 0 Å². The molecule has 0 heterocycles. The smallest absolute Gasteiger partial charge is 0.0350 e. The van der Waals surface area contributed by atoms with Crippen LogP contribution < -0.4 is 0 Å². The van der Waals surface area contributed by atoms with E-state index in [1.807, 2.05) is 0 Å². The Labute approximate surface area is 95.9 Å². The van der Waals surface area contributed by atoms with Crippen LogP contribution in [0.1, 0.15) is 16.7 Å².